The lowest BCUT2D eigenvalue weighted by molar-refractivity contribution is 0.0694. The van der Waals surface area contributed by atoms with E-state index in [-0.39, 0.29) is 17.6 Å². The second-order valence-electron chi connectivity index (χ2n) is 7.06. The summed E-state index contributed by atoms with van der Waals surface area (Å²) in [6.45, 7) is 3.55. The maximum atomic E-state index is 12.6. The van der Waals surface area contributed by atoms with Gasteiger partial charge in [-0.05, 0) is 19.8 Å². The zero-order valence-electron chi connectivity index (χ0n) is 15.3. The summed E-state index contributed by atoms with van der Waals surface area (Å²) in [7, 11) is -3.32. The van der Waals surface area contributed by atoms with Gasteiger partial charge in [0.25, 0.3) is 5.91 Å². The summed E-state index contributed by atoms with van der Waals surface area (Å²) in [6, 6.07) is 1.31. The third-order valence-electron chi connectivity index (χ3n) is 5.09. The summed E-state index contributed by atoms with van der Waals surface area (Å²) >= 11 is 0. The Morgan fingerprint density at radius 3 is 2.74 bits per heavy atom. The van der Waals surface area contributed by atoms with Crippen LogP contribution in [0.4, 0.5) is 0 Å². The first-order chi connectivity index (χ1) is 12.8. The second kappa shape index (κ2) is 6.71. The first kappa shape index (κ1) is 18.1. The Hall–Kier alpha value is -2.27. The van der Waals surface area contributed by atoms with Crippen molar-refractivity contribution >= 4 is 15.9 Å². The molecule has 2 aromatic rings. The molecule has 0 bridgehead atoms. The van der Waals surface area contributed by atoms with Crippen LogP contribution < -0.4 is 0 Å². The molecule has 2 aliphatic heterocycles. The summed E-state index contributed by atoms with van der Waals surface area (Å²) < 4.78 is 32.8. The fourth-order valence-electron chi connectivity index (χ4n) is 3.79. The number of nitrogens with zero attached hydrogens (tertiary/aromatic N) is 6. The molecule has 10 nitrogen and oxygen atoms in total. The second-order valence-corrected chi connectivity index (χ2v) is 9.00. The van der Waals surface area contributed by atoms with E-state index < -0.39 is 10.0 Å². The smallest absolute Gasteiger partial charge is 0.276 e. The summed E-state index contributed by atoms with van der Waals surface area (Å²) in [6.07, 6.45) is 3.77. The van der Waals surface area contributed by atoms with Gasteiger partial charge in [-0.1, -0.05) is 11.6 Å². The van der Waals surface area contributed by atoms with Crippen LogP contribution in [-0.2, 0) is 23.1 Å². The van der Waals surface area contributed by atoms with Crippen molar-refractivity contribution in [1.82, 2.24) is 29.1 Å². The van der Waals surface area contributed by atoms with Crippen molar-refractivity contribution in [2.45, 2.75) is 45.3 Å². The van der Waals surface area contributed by atoms with E-state index in [9.17, 15) is 13.2 Å². The van der Waals surface area contributed by atoms with E-state index in [0.717, 1.165) is 19.3 Å². The zero-order valence-corrected chi connectivity index (χ0v) is 16.1. The van der Waals surface area contributed by atoms with Crippen LogP contribution in [-0.4, -0.2) is 62.8 Å². The molecule has 146 valence electrons. The van der Waals surface area contributed by atoms with Crippen molar-refractivity contribution in [2.75, 3.05) is 19.3 Å². The van der Waals surface area contributed by atoms with Gasteiger partial charge in [-0.2, -0.15) is 4.31 Å². The molecule has 1 amide bonds. The number of aromatic nitrogens is 4. The fourth-order valence-corrected chi connectivity index (χ4v) is 4.91. The molecule has 0 saturated carbocycles. The molecule has 0 spiro atoms. The average molecular weight is 394 g/mol. The quantitative estimate of drug-likeness (QED) is 0.753. The Morgan fingerprint density at radius 1 is 1.22 bits per heavy atom. The van der Waals surface area contributed by atoms with E-state index in [1.54, 1.807) is 17.9 Å². The molecule has 1 saturated heterocycles. The van der Waals surface area contributed by atoms with Gasteiger partial charge in [-0.3, -0.25) is 4.79 Å². The van der Waals surface area contributed by atoms with E-state index in [1.807, 2.05) is 4.57 Å². The third-order valence-corrected chi connectivity index (χ3v) is 6.38. The van der Waals surface area contributed by atoms with Gasteiger partial charge in [0.05, 0.1) is 18.8 Å². The number of aryl methyl sites for hydroxylation is 1. The SMILES string of the molecule is Cc1cc(C(=O)N2CCn3c(nnc3C3CCCCN3S(C)(=O)=O)C2)no1. The van der Waals surface area contributed by atoms with Crippen molar-refractivity contribution in [3.05, 3.63) is 29.2 Å². The van der Waals surface area contributed by atoms with Crippen LogP contribution in [0.3, 0.4) is 0 Å². The topological polar surface area (TPSA) is 114 Å². The van der Waals surface area contributed by atoms with Gasteiger partial charge in [0, 0.05) is 25.7 Å². The number of sulfonamides is 1. The highest BCUT2D eigenvalue weighted by Crippen LogP contribution is 2.33. The molecular weight excluding hydrogens is 372 g/mol. The molecule has 2 aliphatic rings. The largest absolute Gasteiger partial charge is 0.361 e. The van der Waals surface area contributed by atoms with E-state index in [0.29, 0.717) is 43.6 Å². The minimum Gasteiger partial charge on any atom is -0.361 e. The van der Waals surface area contributed by atoms with Crippen molar-refractivity contribution in [2.24, 2.45) is 0 Å². The van der Waals surface area contributed by atoms with E-state index in [1.165, 1.54) is 10.6 Å². The maximum absolute atomic E-state index is 12.6. The van der Waals surface area contributed by atoms with Gasteiger partial charge in [-0.15, -0.1) is 10.2 Å². The predicted molar refractivity (Wildman–Crippen MR) is 94.1 cm³/mol. The number of piperidine rings is 1. The first-order valence-corrected chi connectivity index (χ1v) is 10.8. The standard InChI is InChI=1S/C16H22N6O4S/c1-11-9-12(19-26-11)16(23)20-7-8-21-14(10-20)17-18-15(21)13-5-3-4-6-22(13)27(2,24)25/h9,13H,3-8,10H2,1-2H3. The number of amides is 1. The summed E-state index contributed by atoms with van der Waals surface area (Å²) in [5.41, 5.74) is 0.274. The lowest BCUT2D eigenvalue weighted by Crippen LogP contribution is -2.42. The van der Waals surface area contributed by atoms with Gasteiger partial charge in [0.2, 0.25) is 10.0 Å². The molecule has 0 aromatic carbocycles. The zero-order chi connectivity index (χ0) is 19.2. The minimum atomic E-state index is -3.32. The van der Waals surface area contributed by atoms with Crippen LogP contribution >= 0.6 is 0 Å². The van der Waals surface area contributed by atoms with Gasteiger partial charge in [0.1, 0.15) is 5.76 Å². The van der Waals surface area contributed by atoms with Crippen molar-refractivity contribution in [3.8, 4) is 0 Å². The molecule has 11 heteroatoms. The monoisotopic (exact) mass is 394 g/mol. The van der Waals surface area contributed by atoms with Gasteiger partial charge in [0.15, 0.2) is 17.3 Å². The highest BCUT2D eigenvalue weighted by molar-refractivity contribution is 7.88. The number of hydrogen-bond donors (Lipinski definition) is 0. The fraction of sp³-hybridized carbons (Fsp3) is 0.625. The molecule has 2 aromatic heterocycles. The lowest BCUT2D eigenvalue weighted by atomic mass is 10.0. The average Bonchev–Trinajstić information content (AvgIpc) is 3.26. The number of carbonyl (C=O) groups is 1. The molecule has 0 N–H and O–H groups in total. The van der Waals surface area contributed by atoms with Crippen LogP contribution in [0.25, 0.3) is 0 Å². The molecule has 27 heavy (non-hydrogen) atoms. The molecule has 1 fully saturated rings. The highest BCUT2D eigenvalue weighted by atomic mass is 32.2. The molecule has 0 aliphatic carbocycles. The Balaban J connectivity index is 1.57. The van der Waals surface area contributed by atoms with E-state index >= 15 is 0 Å². The number of fused-ring (bicyclic) bond motifs is 1. The van der Waals surface area contributed by atoms with Crippen molar-refractivity contribution in [1.29, 1.82) is 0 Å². The van der Waals surface area contributed by atoms with Crippen LogP contribution in [0.5, 0.6) is 0 Å². The number of carbonyl (C=O) groups excluding carboxylic acids is 1. The Labute approximate surface area is 157 Å². The van der Waals surface area contributed by atoms with Gasteiger partial charge < -0.3 is 14.0 Å². The highest BCUT2D eigenvalue weighted by Gasteiger charge is 2.36. The maximum Gasteiger partial charge on any atom is 0.276 e. The predicted octanol–water partition coefficient (Wildman–Crippen LogP) is 0.717. The number of rotatable bonds is 3. The summed E-state index contributed by atoms with van der Waals surface area (Å²) in [4.78, 5) is 14.2. The van der Waals surface area contributed by atoms with E-state index in [4.69, 9.17) is 4.52 Å². The lowest BCUT2D eigenvalue weighted by Gasteiger charge is -2.34. The van der Waals surface area contributed by atoms with Crippen LogP contribution in [0.1, 0.15) is 53.2 Å². The molecule has 1 atom stereocenters. The van der Waals surface area contributed by atoms with Crippen LogP contribution in [0.2, 0.25) is 0 Å². The van der Waals surface area contributed by atoms with Gasteiger partial charge >= 0.3 is 0 Å². The Bertz CT molecular complexity index is 965. The number of hydrogen-bond acceptors (Lipinski definition) is 7. The Kier molecular flexibility index (Phi) is 4.50. The first-order valence-electron chi connectivity index (χ1n) is 8.96. The van der Waals surface area contributed by atoms with Crippen molar-refractivity contribution < 1.29 is 17.7 Å². The molecule has 1 unspecified atom stereocenters. The molecular formula is C16H22N6O4S. The molecule has 0 radical (unpaired) electrons. The normalized spacial score (nSPS) is 21.3. The van der Waals surface area contributed by atoms with Gasteiger partial charge in [-0.25, -0.2) is 8.42 Å². The molecule has 4 heterocycles. The van der Waals surface area contributed by atoms with Crippen LogP contribution in [0.15, 0.2) is 10.6 Å². The third kappa shape index (κ3) is 3.36. The minimum absolute atomic E-state index is 0.210. The Morgan fingerprint density at radius 2 is 2.04 bits per heavy atom. The summed E-state index contributed by atoms with van der Waals surface area (Å²) in [5.74, 6) is 1.69. The van der Waals surface area contributed by atoms with Crippen molar-refractivity contribution in [3.63, 3.8) is 0 Å². The van der Waals surface area contributed by atoms with Crippen LogP contribution in [0, 0.1) is 6.92 Å². The molecule has 4 rings (SSSR count). The summed E-state index contributed by atoms with van der Waals surface area (Å²) in [5, 5.41) is 12.3. The van der Waals surface area contributed by atoms with E-state index in [2.05, 4.69) is 15.4 Å².